The second kappa shape index (κ2) is 8.43. The Morgan fingerprint density at radius 1 is 0.464 bits per heavy atom. The van der Waals surface area contributed by atoms with Gasteiger partial charge < -0.3 is 14.0 Å². The largest absolute Gasteiger partial charge is 0.864 e. The van der Waals surface area contributed by atoms with E-state index >= 15 is 0 Å². The topological polar surface area (TPSA) is 27.7 Å². The zero-order valence-corrected chi connectivity index (χ0v) is 17.5. The lowest BCUT2D eigenvalue weighted by molar-refractivity contribution is 0.304. The van der Waals surface area contributed by atoms with Gasteiger partial charge in [0.05, 0.1) is 0 Å². The highest BCUT2D eigenvalue weighted by Gasteiger charge is 2.32. The van der Waals surface area contributed by atoms with E-state index in [1.54, 1.807) is 0 Å². The number of benzene rings is 3. The minimum Gasteiger partial charge on any atom is -0.489 e. The van der Waals surface area contributed by atoms with Crippen LogP contribution in [0.15, 0.2) is 54.6 Å². The predicted octanol–water partition coefficient (Wildman–Crippen LogP) is 6.06. The van der Waals surface area contributed by atoms with Crippen LogP contribution in [0.25, 0.3) is 0 Å². The second-order valence-corrected chi connectivity index (χ2v) is 7.45. The van der Waals surface area contributed by atoms with Gasteiger partial charge in [0.25, 0.3) is 0 Å². The fourth-order valence-corrected chi connectivity index (χ4v) is 3.18. The molecule has 4 heteroatoms. The molecular weight excluding hydrogens is 347 g/mol. The van der Waals surface area contributed by atoms with Crippen molar-refractivity contribution in [1.29, 1.82) is 0 Å². The van der Waals surface area contributed by atoms with E-state index in [1.165, 1.54) is 16.7 Å². The van der Waals surface area contributed by atoms with Gasteiger partial charge in [-0.1, -0.05) is 53.1 Å². The van der Waals surface area contributed by atoms with E-state index in [4.69, 9.17) is 14.0 Å². The summed E-state index contributed by atoms with van der Waals surface area (Å²) in [6.45, 7) is 12.3. The maximum atomic E-state index is 6.13. The summed E-state index contributed by atoms with van der Waals surface area (Å²) >= 11 is 0. The van der Waals surface area contributed by atoms with Gasteiger partial charge in [-0.2, -0.15) is 0 Å². The van der Waals surface area contributed by atoms with E-state index < -0.39 is 7.32 Å². The smallest absolute Gasteiger partial charge is 0.489 e. The first-order valence-electron chi connectivity index (χ1n) is 9.53. The average Bonchev–Trinajstić information content (AvgIpc) is 2.62. The highest BCUT2D eigenvalue weighted by atomic mass is 16.7. The standard InChI is InChI=1S/C24H27BO3/c1-16-7-10-22(19(4)13-16)26-25(27-23-11-8-17(2)14-20(23)5)28-24-12-9-18(3)15-21(24)6/h7-15H,1-6H3. The number of hydrogen-bond donors (Lipinski definition) is 0. The van der Waals surface area contributed by atoms with Crippen LogP contribution < -0.4 is 14.0 Å². The normalized spacial score (nSPS) is 10.5. The summed E-state index contributed by atoms with van der Waals surface area (Å²) < 4.78 is 18.4. The Morgan fingerprint density at radius 3 is 1.00 bits per heavy atom. The molecule has 0 aliphatic rings. The Hall–Kier alpha value is -2.88. The lowest BCUT2D eigenvalue weighted by Crippen LogP contribution is -2.37. The van der Waals surface area contributed by atoms with Crippen molar-refractivity contribution < 1.29 is 14.0 Å². The Kier molecular flexibility index (Phi) is 5.98. The molecule has 3 aromatic rings. The van der Waals surface area contributed by atoms with E-state index in [2.05, 4.69) is 39.0 Å². The molecule has 0 aliphatic heterocycles. The van der Waals surface area contributed by atoms with Crippen molar-refractivity contribution in [2.75, 3.05) is 0 Å². The van der Waals surface area contributed by atoms with Gasteiger partial charge in [-0.15, -0.1) is 0 Å². The average molecular weight is 374 g/mol. The van der Waals surface area contributed by atoms with E-state index in [0.717, 1.165) is 33.9 Å². The molecule has 0 unspecified atom stereocenters. The Balaban J connectivity index is 1.90. The quantitative estimate of drug-likeness (QED) is 0.491. The predicted molar refractivity (Wildman–Crippen MR) is 115 cm³/mol. The molecular formula is C24H27BO3. The fourth-order valence-electron chi connectivity index (χ4n) is 3.18. The highest BCUT2D eigenvalue weighted by Crippen LogP contribution is 2.26. The van der Waals surface area contributed by atoms with Crippen molar-refractivity contribution in [3.05, 3.63) is 88.0 Å². The first-order chi connectivity index (χ1) is 13.3. The summed E-state index contributed by atoms with van der Waals surface area (Å²) in [5, 5.41) is 0. The van der Waals surface area contributed by atoms with E-state index in [0.29, 0.717) is 0 Å². The number of aryl methyl sites for hydroxylation is 6. The van der Waals surface area contributed by atoms with Crippen LogP contribution in [0.2, 0.25) is 0 Å². The van der Waals surface area contributed by atoms with Crippen LogP contribution in [0.4, 0.5) is 0 Å². The minimum atomic E-state index is -0.899. The van der Waals surface area contributed by atoms with Crippen LogP contribution in [0, 0.1) is 41.5 Å². The molecule has 0 radical (unpaired) electrons. The molecule has 0 heterocycles. The molecule has 0 amide bonds. The lowest BCUT2D eigenvalue weighted by Gasteiger charge is -2.20. The minimum absolute atomic E-state index is 0.741. The van der Waals surface area contributed by atoms with Crippen molar-refractivity contribution in [2.24, 2.45) is 0 Å². The third kappa shape index (κ3) is 4.89. The van der Waals surface area contributed by atoms with Crippen LogP contribution >= 0.6 is 0 Å². The molecule has 0 fully saturated rings. The number of hydrogen-bond acceptors (Lipinski definition) is 3. The molecule has 28 heavy (non-hydrogen) atoms. The third-order valence-corrected chi connectivity index (χ3v) is 4.66. The summed E-state index contributed by atoms with van der Waals surface area (Å²) in [5.41, 5.74) is 6.68. The molecule has 0 aromatic heterocycles. The molecule has 0 spiro atoms. The van der Waals surface area contributed by atoms with E-state index in [-0.39, 0.29) is 0 Å². The molecule has 0 bridgehead atoms. The Labute approximate surface area is 168 Å². The van der Waals surface area contributed by atoms with Crippen molar-refractivity contribution in [1.82, 2.24) is 0 Å². The van der Waals surface area contributed by atoms with Crippen LogP contribution in [0.1, 0.15) is 33.4 Å². The van der Waals surface area contributed by atoms with Gasteiger partial charge in [0.1, 0.15) is 17.2 Å². The van der Waals surface area contributed by atoms with Gasteiger partial charge in [-0.05, 0) is 76.4 Å². The van der Waals surface area contributed by atoms with Gasteiger partial charge in [-0.25, -0.2) is 0 Å². The zero-order chi connectivity index (χ0) is 20.3. The van der Waals surface area contributed by atoms with E-state index in [1.807, 2.05) is 57.2 Å². The van der Waals surface area contributed by atoms with Crippen LogP contribution in [-0.4, -0.2) is 7.32 Å². The van der Waals surface area contributed by atoms with Gasteiger partial charge in [0.2, 0.25) is 0 Å². The highest BCUT2D eigenvalue weighted by molar-refractivity contribution is 6.39. The summed E-state index contributed by atoms with van der Waals surface area (Å²) in [4.78, 5) is 0. The van der Waals surface area contributed by atoms with Crippen LogP contribution in [0.5, 0.6) is 17.2 Å². The van der Waals surface area contributed by atoms with Crippen molar-refractivity contribution in [3.63, 3.8) is 0 Å². The Morgan fingerprint density at radius 2 is 0.750 bits per heavy atom. The maximum Gasteiger partial charge on any atom is 0.864 e. The molecule has 3 rings (SSSR count). The molecule has 3 nitrogen and oxygen atoms in total. The SMILES string of the molecule is Cc1ccc(OB(Oc2ccc(C)cc2C)Oc2ccc(C)cc2C)c(C)c1. The molecule has 0 atom stereocenters. The summed E-state index contributed by atoms with van der Waals surface area (Å²) in [7, 11) is -0.899. The summed E-state index contributed by atoms with van der Waals surface area (Å²) in [6.07, 6.45) is 0. The number of rotatable bonds is 6. The zero-order valence-electron chi connectivity index (χ0n) is 17.5. The monoisotopic (exact) mass is 374 g/mol. The maximum absolute atomic E-state index is 6.13. The Bertz CT molecular complexity index is 854. The lowest BCUT2D eigenvalue weighted by atomic mass is 10.1. The van der Waals surface area contributed by atoms with Crippen molar-refractivity contribution in [3.8, 4) is 17.2 Å². The molecule has 144 valence electrons. The van der Waals surface area contributed by atoms with Crippen LogP contribution in [-0.2, 0) is 0 Å². The van der Waals surface area contributed by atoms with Gasteiger partial charge in [-0.3, -0.25) is 0 Å². The molecule has 0 saturated heterocycles. The van der Waals surface area contributed by atoms with Gasteiger partial charge >= 0.3 is 7.32 Å². The summed E-state index contributed by atoms with van der Waals surface area (Å²) in [6, 6.07) is 18.2. The fraction of sp³-hybridized carbons (Fsp3) is 0.250. The first-order valence-corrected chi connectivity index (χ1v) is 9.53. The second-order valence-electron chi connectivity index (χ2n) is 7.45. The molecule has 0 N–H and O–H groups in total. The summed E-state index contributed by atoms with van der Waals surface area (Å²) in [5.74, 6) is 2.22. The van der Waals surface area contributed by atoms with Crippen molar-refractivity contribution >= 4 is 7.32 Å². The molecule has 0 saturated carbocycles. The van der Waals surface area contributed by atoms with Crippen LogP contribution in [0.3, 0.4) is 0 Å². The van der Waals surface area contributed by atoms with Gasteiger partial charge in [0.15, 0.2) is 0 Å². The van der Waals surface area contributed by atoms with Gasteiger partial charge in [0, 0.05) is 0 Å². The third-order valence-electron chi connectivity index (χ3n) is 4.66. The molecule has 3 aromatic carbocycles. The molecule has 0 aliphatic carbocycles. The van der Waals surface area contributed by atoms with Crippen molar-refractivity contribution in [2.45, 2.75) is 41.5 Å². The van der Waals surface area contributed by atoms with E-state index in [9.17, 15) is 0 Å². The first kappa shape index (κ1) is 19.9.